The minimum absolute atomic E-state index is 0.0788. The van der Waals surface area contributed by atoms with Crippen LogP contribution in [0.1, 0.15) is 74.8 Å². The van der Waals surface area contributed by atoms with Crippen LogP contribution in [0.5, 0.6) is 0 Å². The monoisotopic (exact) mass is 566 g/mol. The summed E-state index contributed by atoms with van der Waals surface area (Å²) in [5, 5.41) is 10.1. The maximum absolute atomic E-state index is 14.4. The Balaban J connectivity index is 1.74. The third kappa shape index (κ3) is 6.36. The van der Waals surface area contributed by atoms with Gasteiger partial charge in [0.1, 0.15) is 5.82 Å². The lowest BCUT2D eigenvalue weighted by atomic mass is 9.94. The highest BCUT2D eigenvalue weighted by Crippen LogP contribution is 2.32. The van der Waals surface area contributed by atoms with E-state index in [4.69, 9.17) is 4.98 Å². The minimum atomic E-state index is -4.09. The first kappa shape index (κ1) is 29.7. The fraction of sp³-hybridized carbons (Fsp3) is 0.419. The average molecular weight is 567 g/mol. The second-order valence-electron chi connectivity index (χ2n) is 10.4. The molecule has 0 aliphatic carbocycles. The molecule has 40 heavy (non-hydrogen) atoms. The molecular weight excluding hydrogens is 527 g/mol. The first-order valence-corrected chi connectivity index (χ1v) is 15.5. The average Bonchev–Trinajstić information content (AvgIpc) is 3.42. The molecule has 9 heteroatoms. The van der Waals surface area contributed by atoms with Crippen molar-refractivity contribution in [1.82, 2.24) is 14.3 Å². The van der Waals surface area contributed by atoms with E-state index in [0.29, 0.717) is 17.7 Å². The fourth-order valence-electron chi connectivity index (χ4n) is 5.07. The predicted octanol–water partition coefficient (Wildman–Crippen LogP) is 6.02. The Morgan fingerprint density at radius 2 is 1.75 bits per heavy atom. The molecule has 0 spiro atoms. The number of imidazole rings is 1. The molecule has 0 bridgehead atoms. The van der Waals surface area contributed by atoms with Crippen LogP contribution < -0.4 is 4.72 Å². The van der Waals surface area contributed by atoms with Crippen molar-refractivity contribution in [3.8, 4) is 11.1 Å². The van der Waals surface area contributed by atoms with Crippen LogP contribution in [0, 0.1) is 6.92 Å². The van der Waals surface area contributed by atoms with Gasteiger partial charge in [-0.25, -0.2) is 17.8 Å². The molecule has 0 amide bonds. The summed E-state index contributed by atoms with van der Waals surface area (Å²) in [7, 11) is -4.09. The zero-order valence-electron chi connectivity index (χ0n) is 23.8. The van der Waals surface area contributed by atoms with Gasteiger partial charge in [0.25, 0.3) is 10.0 Å². The molecule has 1 aliphatic rings. The summed E-state index contributed by atoms with van der Waals surface area (Å²) in [5.41, 5.74) is 5.55. The van der Waals surface area contributed by atoms with Gasteiger partial charge in [0.15, 0.2) is 11.7 Å². The normalized spacial score (nSPS) is 13.7. The Bertz CT molecular complexity index is 1540. The Morgan fingerprint density at radius 1 is 1.02 bits per heavy atom. The van der Waals surface area contributed by atoms with E-state index < -0.39 is 15.9 Å². The van der Waals surface area contributed by atoms with Crippen molar-refractivity contribution in [2.45, 2.75) is 84.3 Å². The molecule has 2 heterocycles. The van der Waals surface area contributed by atoms with Crippen molar-refractivity contribution in [1.29, 1.82) is 0 Å². The molecule has 0 saturated heterocycles. The van der Waals surface area contributed by atoms with E-state index in [-0.39, 0.29) is 23.9 Å². The highest BCUT2D eigenvalue weighted by molar-refractivity contribution is 7.90. The maximum Gasteiger partial charge on any atom is 0.263 e. The van der Waals surface area contributed by atoms with E-state index in [1.165, 1.54) is 0 Å². The fourth-order valence-corrected chi connectivity index (χ4v) is 6.31. The van der Waals surface area contributed by atoms with Gasteiger partial charge in [0.05, 0.1) is 29.4 Å². The summed E-state index contributed by atoms with van der Waals surface area (Å²) >= 11 is 0. The molecule has 0 unspecified atom stereocenters. The molecule has 7 nitrogen and oxygen atoms in total. The molecule has 4 rings (SSSR count). The number of nitrogens with zero attached hydrogens (tertiary/aromatic N) is 3. The van der Waals surface area contributed by atoms with Crippen LogP contribution in [0.4, 0.5) is 4.39 Å². The smallest absolute Gasteiger partial charge is 0.263 e. The zero-order chi connectivity index (χ0) is 28.9. The third-order valence-electron chi connectivity index (χ3n) is 7.32. The number of hydrogen-bond acceptors (Lipinski definition) is 5. The van der Waals surface area contributed by atoms with Gasteiger partial charge in [-0.15, -0.1) is 0 Å². The summed E-state index contributed by atoms with van der Waals surface area (Å²) in [4.78, 5) is 8.83. The predicted molar refractivity (Wildman–Crippen MR) is 158 cm³/mol. The second kappa shape index (κ2) is 12.9. The number of rotatable bonds is 12. The number of aromatic nitrogens is 2. The summed E-state index contributed by atoms with van der Waals surface area (Å²) < 4.78 is 45.8. The number of sulfonamides is 1. The van der Waals surface area contributed by atoms with Gasteiger partial charge in [-0.05, 0) is 61.4 Å². The first-order valence-electron chi connectivity index (χ1n) is 14.0. The van der Waals surface area contributed by atoms with Crippen LogP contribution in [0.15, 0.2) is 63.8 Å². The van der Waals surface area contributed by atoms with E-state index in [0.717, 1.165) is 72.4 Å². The molecule has 0 saturated carbocycles. The van der Waals surface area contributed by atoms with E-state index in [1.807, 2.05) is 25.1 Å². The highest BCUT2D eigenvalue weighted by atomic mass is 32.2. The summed E-state index contributed by atoms with van der Waals surface area (Å²) in [6.07, 6.45) is 5.65. The maximum atomic E-state index is 14.4. The number of aryl methyl sites for hydroxylation is 3. The van der Waals surface area contributed by atoms with Crippen LogP contribution in [0.25, 0.3) is 11.1 Å². The molecule has 1 aromatic heterocycles. The Hall–Kier alpha value is -3.30. The van der Waals surface area contributed by atoms with Crippen LogP contribution in [0.3, 0.4) is 0 Å². The number of aliphatic hydroxyl groups is 1. The number of aliphatic hydroxyl groups excluding tert-OH is 1. The van der Waals surface area contributed by atoms with Gasteiger partial charge < -0.3 is 9.67 Å². The largest absolute Gasteiger partial charge is 0.390 e. The molecule has 2 aromatic carbocycles. The minimum Gasteiger partial charge on any atom is -0.390 e. The van der Waals surface area contributed by atoms with Crippen molar-refractivity contribution in [3.63, 3.8) is 0 Å². The molecule has 0 fully saturated rings. The molecular formula is C31H39FN4O3S. The molecule has 214 valence electrons. The quantitative estimate of drug-likeness (QED) is 0.280. The van der Waals surface area contributed by atoms with Gasteiger partial charge in [0, 0.05) is 18.5 Å². The van der Waals surface area contributed by atoms with Gasteiger partial charge in [-0.2, -0.15) is 0 Å². The second-order valence-corrected chi connectivity index (χ2v) is 12.0. The molecule has 0 radical (unpaired) electrons. The number of hydrogen-bond donors (Lipinski definition) is 2. The van der Waals surface area contributed by atoms with Gasteiger partial charge in [-0.3, -0.25) is 9.71 Å². The first-order chi connectivity index (χ1) is 19.2. The third-order valence-corrected chi connectivity index (χ3v) is 8.72. The molecule has 3 aromatic rings. The molecule has 2 N–H and O–H groups in total. The molecule has 0 atom stereocenters. The van der Waals surface area contributed by atoms with Gasteiger partial charge in [0.2, 0.25) is 0 Å². The number of unbranched alkanes of at least 4 members (excludes halogenated alkanes) is 2. The number of benzene rings is 2. The number of nitrogens with one attached hydrogen (secondary N) is 1. The molecule has 1 aliphatic heterocycles. The number of amidine groups is 1. The summed E-state index contributed by atoms with van der Waals surface area (Å²) in [5.74, 6) is 0.101. The van der Waals surface area contributed by atoms with Crippen molar-refractivity contribution < 1.29 is 17.9 Å². The Labute approximate surface area is 236 Å². The van der Waals surface area contributed by atoms with Crippen molar-refractivity contribution >= 4 is 15.9 Å². The van der Waals surface area contributed by atoms with Crippen LogP contribution in [-0.4, -0.2) is 35.5 Å². The standard InChI is InChI=1S/C31H39FN4O3S/c1-5-7-11-24-17-23(19-36-27(20-37)22(4)34-29(36)14-8-6-2)15-16-25(24)26-12-9-10-13-28(26)40(38,39)35-31-30(32)21(3)18-33-31/h9-10,12-13,15-17,37H,5-8,11,14,18-20H2,1-4H3,(H,33,35). The highest BCUT2D eigenvalue weighted by Gasteiger charge is 2.26. The van der Waals surface area contributed by atoms with Crippen molar-refractivity contribution in [3.05, 3.63) is 82.2 Å². The van der Waals surface area contributed by atoms with Gasteiger partial charge >= 0.3 is 0 Å². The lowest BCUT2D eigenvalue weighted by Gasteiger charge is -2.17. The van der Waals surface area contributed by atoms with Crippen LogP contribution in [-0.2, 0) is 36.0 Å². The lowest BCUT2D eigenvalue weighted by molar-refractivity contribution is 0.270. The summed E-state index contributed by atoms with van der Waals surface area (Å²) in [6, 6.07) is 12.9. The van der Waals surface area contributed by atoms with Gasteiger partial charge in [-0.1, -0.05) is 63.1 Å². The Morgan fingerprint density at radius 3 is 2.42 bits per heavy atom. The SMILES string of the molecule is CCCCc1cc(Cn2c(CCCC)nc(C)c2CO)ccc1-c1ccccc1S(=O)(=O)NC1=NCC(C)=C1F. The van der Waals surface area contributed by atoms with E-state index >= 15 is 0 Å². The van der Waals surface area contributed by atoms with Crippen LogP contribution in [0.2, 0.25) is 0 Å². The van der Waals surface area contributed by atoms with E-state index in [9.17, 15) is 17.9 Å². The van der Waals surface area contributed by atoms with E-state index in [2.05, 4.69) is 34.2 Å². The Kier molecular flexibility index (Phi) is 9.58. The number of halogens is 1. The van der Waals surface area contributed by atoms with Crippen molar-refractivity contribution in [2.75, 3.05) is 6.54 Å². The van der Waals surface area contributed by atoms with E-state index in [1.54, 1.807) is 25.1 Å². The van der Waals surface area contributed by atoms with Crippen LogP contribution >= 0.6 is 0 Å². The van der Waals surface area contributed by atoms with Crippen molar-refractivity contribution in [2.24, 2.45) is 4.99 Å². The lowest BCUT2D eigenvalue weighted by Crippen LogP contribution is -2.30. The zero-order valence-corrected chi connectivity index (χ0v) is 24.6. The topological polar surface area (TPSA) is 96.6 Å². The summed E-state index contributed by atoms with van der Waals surface area (Å²) in [6.45, 7) is 8.43. The number of aliphatic imine (C=N–C) groups is 1.